The van der Waals surface area contributed by atoms with Gasteiger partial charge in [-0.3, -0.25) is 0 Å². The molecule has 1 N–H and O–H groups in total. The lowest BCUT2D eigenvalue weighted by Crippen LogP contribution is -1.91. The summed E-state index contributed by atoms with van der Waals surface area (Å²) in [5.41, 5.74) is 12.2. The van der Waals surface area contributed by atoms with Crippen molar-refractivity contribution in [3.63, 3.8) is 0 Å². The average Bonchev–Trinajstić information content (AvgIpc) is 3.61. The predicted molar refractivity (Wildman–Crippen MR) is 228 cm³/mol. The van der Waals surface area contributed by atoms with E-state index in [2.05, 4.69) is 199 Å². The number of benzene rings is 10. The molecule has 0 amide bonds. The van der Waals surface area contributed by atoms with Gasteiger partial charge in [0.05, 0.1) is 5.52 Å². The molecule has 0 unspecified atom stereocenters. The SMILES string of the molecule is c1cc(-c2ccc3c(c2)[nH]c2c4ccccc4ccc32)cc(-c2c3ccccc3c(-c3ccc(-c4ccc5ccccc5c4)cc3)c3ccccc23)c1. The fraction of sp³-hybridized carbons (Fsp3) is 0. The lowest BCUT2D eigenvalue weighted by Gasteiger charge is -2.18. The minimum atomic E-state index is 1.16. The van der Waals surface area contributed by atoms with Gasteiger partial charge in [-0.25, -0.2) is 0 Å². The molecule has 0 aliphatic rings. The molecule has 11 aromatic rings. The molecule has 0 fully saturated rings. The Morgan fingerprint density at radius 2 is 0.736 bits per heavy atom. The van der Waals surface area contributed by atoms with Crippen LogP contribution in [0, 0.1) is 0 Å². The molecule has 0 radical (unpaired) electrons. The summed E-state index contributed by atoms with van der Waals surface area (Å²) >= 11 is 0. The van der Waals surface area contributed by atoms with Crippen LogP contribution >= 0.6 is 0 Å². The Bertz CT molecular complexity index is 3160. The number of nitrogens with one attached hydrogen (secondary N) is 1. The summed E-state index contributed by atoms with van der Waals surface area (Å²) in [6.07, 6.45) is 0. The lowest BCUT2D eigenvalue weighted by atomic mass is 9.85. The molecule has 0 bridgehead atoms. The normalized spacial score (nSPS) is 11.8. The van der Waals surface area contributed by atoms with Crippen molar-refractivity contribution < 1.29 is 0 Å². The summed E-state index contributed by atoms with van der Waals surface area (Å²) in [6, 6.07) is 71.3. The van der Waals surface area contributed by atoms with E-state index in [1.165, 1.54) is 104 Å². The molecule has 0 atom stereocenters. The number of rotatable bonds is 4. The molecule has 11 rings (SSSR count). The van der Waals surface area contributed by atoms with E-state index < -0.39 is 0 Å². The lowest BCUT2D eigenvalue weighted by molar-refractivity contribution is 1.55. The van der Waals surface area contributed by atoms with Crippen LogP contribution in [0.5, 0.6) is 0 Å². The third kappa shape index (κ3) is 4.79. The molecule has 0 aliphatic carbocycles. The average molecular weight is 672 g/mol. The van der Waals surface area contributed by atoms with E-state index in [0.717, 1.165) is 5.52 Å². The molecule has 1 aromatic heterocycles. The third-order valence-corrected chi connectivity index (χ3v) is 11.2. The van der Waals surface area contributed by atoms with E-state index in [9.17, 15) is 0 Å². The molecule has 1 nitrogen and oxygen atoms in total. The van der Waals surface area contributed by atoms with Crippen LogP contribution in [0.3, 0.4) is 0 Å². The van der Waals surface area contributed by atoms with Gasteiger partial charge in [-0.2, -0.15) is 0 Å². The largest absolute Gasteiger partial charge is 0.354 e. The van der Waals surface area contributed by atoms with Crippen molar-refractivity contribution in [1.82, 2.24) is 4.98 Å². The highest BCUT2D eigenvalue weighted by Gasteiger charge is 2.17. The van der Waals surface area contributed by atoms with Gasteiger partial charge in [0.15, 0.2) is 0 Å². The van der Waals surface area contributed by atoms with Crippen LogP contribution in [-0.4, -0.2) is 4.98 Å². The summed E-state index contributed by atoms with van der Waals surface area (Å²) in [5.74, 6) is 0. The molecular formula is C52H33N. The predicted octanol–water partition coefficient (Wildman–Crippen LogP) is 14.6. The van der Waals surface area contributed by atoms with Crippen LogP contribution in [0.2, 0.25) is 0 Å². The van der Waals surface area contributed by atoms with Gasteiger partial charge < -0.3 is 4.98 Å². The second kappa shape index (κ2) is 11.8. The van der Waals surface area contributed by atoms with Crippen molar-refractivity contribution in [2.24, 2.45) is 0 Å². The van der Waals surface area contributed by atoms with Crippen molar-refractivity contribution in [2.75, 3.05) is 0 Å². The highest BCUT2D eigenvalue weighted by Crippen LogP contribution is 2.45. The Labute approximate surface area is 307 Å². The van der Waals surface area contributed by atoms with Gasteiger partial charge in [-0.15, -0.1) is 0 Å². The minimum Gasteiger partial charge on any atom is -0.354 e. The van der Waals surface area contributed by atoms with Crippen molar-refractivity contribution >= 4 is 64.9 Å². The Morgan fingerprint density at radius 1 is 0.245 bits per heavy atom. The maximum Gasteiger partial charge on any atom is 0.0544 e. The van der Waals surface area contributed by atoms with E-state index in [0.29, 0.717) is 0 Å². The first-order valence-electron chi connectivity index (χ1n) is 18.3. The zero-order chi connectivity index (χ0) is 34.9. The van der Waals surface area contributed by atoms with Crippen LogP contribution < -0.4 is 0 Å². The first-order chi connectivity index (χ1) is 26.3. The Balaban J connectivity index is 1.04. The third-order valence-electron chi connectivity index (χ3n) is 11.2. The summed E-state index contributed by atoms with van der Waals surface area (Å²) in [4.78, 5) is 3.77. The van der Waals surface area contributed by atoms with E-state index in [-0.39, 0.29) is 0 Å². The first kappa shape index (κ1) is 29.7. The molecule has 0 spiro atoms. The van der Waals surface area contributed by atoms with Crippen LogP contribution in [-0.2, 0) is 0 Å². The number of aromatic amines is 1. The fourth-order valence-electron chi connectivity index (χ4n) is 8.63. The van der Waals surface area contributed by atoms with Gasteiger partial charge >= 0.3 is 0 Å². The topological polar surface area (TPSA) is 15.8 Å². The molecule has 0 aliphatic heterocycles. The molecule has 0 saturated heterocycles. The number of hydrogen-bond donors (Lipinski definition) is 1. The van der Waals surface area contributed by atoms with Crippen LogP contribution in [0.1, 0.15) is 0 Å². The smallest absolute Gasteiger partial charge is 0.0544 e. The zero-order valence-electron chi connectivity index (χ0n) is 29.0. The van der Waals surface area contributed by atoms with Crippen LogP contribution in [0.4, 0.5) is 0 Å². The van der Waals surface area contributed by atoms with E-state index >= 15 is 0 Å². The Hall–Kier alpha value is -6.96. The molecule has 10 aromatic carbocycles. The van der Waals surface area contributed by atoms with Crippen molar-refractivity contribution in [2.45, 2.75) is 0 Å². The van der Waals surface area contributed by atoms with Crippen LogP contribution in [0.25, 0.3) is 109 Å². The number of hydrogen-bond acceptors (Lipinski definition) is 0. The Morgan fingerprint density at radius 3 is 1.47 bits per heavy atom. The highest BCUT2D eigenvalue weighted by molar-refractivity contribution is 6.22. The molecular weight excluding hydrogens is 639 g/mol. The van der Waals surface area contributed by atoms with Gasteiger partial charge in [0, 0.05) is 21.7 Å². The standard InChI is InChI=1S/C52H33N/c1-2-12-37-30-39(25-22-33(37)10-1)34-20-23-36(24-21-34)50-44-16-5-7-18-46(44)51(47-19-8-6-17-45(47)50)41-14-9-13-38(31-41)40-27-28-43-48-29-26-35-11-3-4-15-42(35)52(48)53-49(43)32-40/h1-32,53H. The maximum atomic E-state index is 3.77. The van der Waals surface area contributed by atoms with Crippen molar-refractivity contribution in [3.8, 4) is 44.5 Å². The van der Waals surface area contributed by atoms with Gasteiger partial charge in [0.25, 0.3) is 0 Å². The second-order valence-corrected chi connectivity index (χ2v) is 14.2. The molecule has 53 heavy (non-hydrogen) atoms. The summed E-state index contributed by atoms with van der Waals surface area (Å²) in [6.45, 7) is 0. The van der Waals surface area contributed by atoms with E-state index in [1.807, 2.05) is 0 Å². The highest BCUT2D eigenvalue weighted by atomic mass is 14.7. The van der Waals surface area contributed by atoms with Gasteiger partial charge in [0.1, 0.15) is 0 Å². The fourth-order valence-corrected chi connectivity index (χ4v) is 8.63. The summed E-state index contributed by atoms with van der Waals surface area (Å²) in [5, 5.41) is 12.6. The number of fused-ring (bicyclic) bond motifs is 8. The van der Waals surface area contributed by atoms with E-state index in [1.54, 1.807) is 0 Å². The maximum absolute atomic E-state index is 3.77. The van der Waals surface area contributed by atoms with Gasteiger partial charge in [-0.1, -0.05) is 176 Å². The number of aromatic nitrogens is 1. The quantitative estimate of drug-likeness (QED) is 0.179. The van der Waals surface area contributed by atoms with Gasteiger partial charge in [0.2, 0.25) is 0 Å². The second-order valence-electron chi connectivity index (χ2n) is 14.2. The zero-order valence-corrected chi connectivity index (χ0v) is 29.0. The monoisotopic (exact) mass is 671 g/mol. The molecule has 1 heterocycles. The molecule has 1 heteroatoms. The van der Waals surface area contributed by atoms with Gasteiger partial charge in [-0.05, 0) is 100 Å². The van der Waals surface area contributed by atoms with Crippen molar-refractivity contribution in [3.05, 3.63) is 194 Å². The summed E-state index contributed by atoms with van der Waals surface area (Å²) in [7, 11) is 0. The minimum absolute atomic E-state index is 1.16. The van der Waals surface area contributed by atoms with Crippen molar-refractivity contribution in [1.29, 1.82) is 0 Å². The number of H-pyrrole nitrogens is 1. The van der Waals surface area contributed by atoms with E-state index in [4.69, 9.17) is 0 Å². The first-order valence-corrected chi connectivity index (χ1v) is 18.3. The Kier molecular flexibility index (Phi) is 6.62. The molecule has 0 saturated carbocycles. The molecule has 246 valence electrons. The van der Waals surface area contributed by atoms with Crippen LogP contribution in [0.15, 0.2) is 194 Å². The summed E-state index contributed by atoms with van der Waals surface area (Å²) < 4.78 is 0.